The van der Waals surface area contributed by atoms with Crippen molar-refractivity contribution in [1.82, 2.24) is 4.98 Å². The number of pyridine rings is 1. The molecule has 1 aliphatic carbocycles. The van der Waals surface area contributed by atoms with Crippen molar-refractivity contribution in [3.63, 3.8) is 0 Å². The van der Waals surface area contributed by atoms with Gasteiger partial charge in [-0.15, -0.1) is 0 Å². The average molecular weight is 288 g/mol. The predicted molar refractivity (Wildman–Crippen MR) is 83.1 cm³/mol. The first-order valence-electron chi connectivity index (χ1n) is 8.20. The third-order valence-corrected chi connectivity index (χ3v) is 4.87. The van der Waals surface area contributed by atoms with Crippen molar-refractivity contribution in [3.8, 4) is 0 Å². The molecular formula is C17H24N2O2. The van der Waals surface area contributed by atoms with Crippen LogP contribution in [0.2, 0.25) is 0 Å². The maximum atomic E-state index is 11.6. The van der Waals surface area contributed by atoms with E-state index in [0.29, 0.717) is 11.4 Å². The number of aromatic carboxylic acids is 1. The summed E-state index contributed by atoms with van der Waals surface area (Å²) in [6.45, 7) is 4.12. The second-order valence-corrected chi connectivity index (χ2v) is 6.34. The second kappa shape index (κ2) is 6.04. The van der Waals surface area contributed by atoms with E-state index in [-0.39, 0.29) is 0 Å². The molecule has 0 amide bonds. The Morgan fingerprint density at radius 1 is 1.38 bits per heavy atom. The van der Waals surface area contributed by atoms with E-state index in [4.69, 9.17) is 4.98 Å². The molecule has 4 heteroatoms. The molecule has 0 spiro atoms. The van der Waals surface area contributed by atoms with Crippen LogP contribution in [0.15, 0.2) is 6.07 Å². The Balaban J connectivity index is 1.83. The van der Waals surface area contributed by atoms with Gasteiger partial charge >= 0.3 is 5.97 Å². The third-order valence-electron chi connectivity index (χ3n) is 4.87. The number of carboxylic acids is 1. The van der Waals surface area contributed by atoms with E-state index in [1.165, 1.54) is 12.8 Å². The quantitative estimate of drug-likeness (QED) is 0.923. The largest absolute Gasteiger partial charge is 0.478 e. The molecule has 4 nitrogen and oxygen atoms in total. The number of carboxylic acid groups (broad SMARTS) is 1. The Hall–Kier alpha value is -1.58. The van der Waals surface area contributed by atoms with Crippen LogP contribution in [-0.2, 0) is 12.8 Å². The first kappa shape index (κ1) is 14.4. The lowest BCUT2D eigenvalue weighted by atomic mass is 9.92. The fourth-order valence-electron chi connectivity index (χ4n) is 3.70. The van der Waals surface area contributed by atoms with Gasteiger partial charge < -0.3 is 10.0 Å². The molecule has 2 heterocycles. The summed E-state index contributed by atoms with van der Waals surface area (Å²) in [5, 5.41) is 9.50. The lowest BCUT2D eigenvalue weighted by Gasteiger charge is -2.33. The monoisotopic (exact) mass is 288 g/mol. The number of anilines is 1. The van der Waals surface area contributed by atoms with Crippen LogP contribution in [-0.4, -0.2) is 29.1 Å². The Morgan fingerprint density at radius 3 is 2.81 bits per heavy atom. The second-order valence-electron chi connectivity index (χ2n) is 6.34. The molecule has 0 bridgehead atoms. The van der Waals surface area contributed by atoms with Crippen LogP contribution in [0.4, 0.5) is 5.82 Å². The summed E-state index contributed by atoms with van der Waals surface area (Å²) in [4.78, 5) is 18.5. The molecule has 1 N–H and O–H groups in total. The van der Waals surface area contributed by atoms with Gasteiger partial charge in [-0.2, -0.15) is 0 Å². The summed E-state index contributed by atoms with van der Waals surface area (Å²) in [6, 6.07) is 1.87. The molecule has 0 atom stereocenters. The van der Waals surface area contributed by atoms with E-state index in [9.17, 15) is 9.90 Å². The van der Waals surface area contributed by atoms with Crippen molar-refractivity contribution in [2.75, 3.05) is 18.0 Å². The number of rotatable bonds is 4. The summed E-state index contributed by atoms with van der Waals surface area (Å²) in [5.74, 6) is 0.662. The van der Waals surface area contributed by atoms with Crippen molar-refractivity contribution < 1.29 is 9.90 Å². The minimum absolute atomic E-state index is 0.393. The van der Waals surface area contributed by atoms with E-state index in [0.717, 1.165) is 62.4 Å². The Labute approximate surface area is 126 Å². The van der Waals surface area contributed by atoms with Gasteiger partial charge in [-0.25, -0.2) is 9.78 Å². The van der Waals surface area contributed by atoms with Crippen LogP contribution in [0.5, 0.6) is 0 Å². The maximum absolute atomic E-state index is 11.6. The van der Waals surface area contributed by atoms with Gasteiger partial charge in [0.1, 0.15) is 11.4 Å². The van der Waals surface area contributed by atoms with Gasteiger partial charge in [0, 0.05) is 18.8 Å². The van der Waals surface area contributed by atoms with Gasteiger partial charge in [-0.05, 0) is 49.7 Å². The zero-order valence-corrected chi connectivity index (χ0v) is 12.8. The summed E-state index contributed by atoms with van der Waals surface area (Å²) in [5.41, 5.74) is 2.65. The Morgan fingerprint density at radius 2 is 2.14 bits per heavy atom. The van der Waals surface area contributed by atoms with Crippen molar-refractivity contribution in [2.45, 2.75) is 51.9 Å². The lowest BCUT2D eigenvalue weighted by molar-refractivity contribution is 0.0697. The van der Waals surface area contributed by atoms with Crippen molar-refractivity contribution >= 4 is 11.8 Å². The van der Waals surface area contributed by atoms with Crippen molar-refractivity contribution in [2.24, 2.45) is 5.92 Å². The van der Waals surface area contributed by atoms with Crippen LogP contribution < -0.4 is 4.90 Å². The number of nitrogens with zero attached hydrogens (tertiary/aromatic N) is 2. The first-order chi connectivity index (χ1) is 10.2. The molecule has 1 aliphatic heterocycles. The lowest BCUT2D eigenvalue weighted by Crippen LogP contribution is -2.35. The fraction of sp³-hybridized carbons (Fsp3) is 0.647. The zero-order valence-electron chi connectivity index (χ0n) is 12.8. The SMILES string of the molecule is CCCC1CCN(c2nc3c(cc2C(=O)O)CCC3)CC1. The van der Waals surface area contributed by atoms with E-state index in [1.807, 2.05) is 6.07 Å². The molecular weight excluding hydrogens is 264 g/mol. The number of fused-ring (bicyclic) bond motifs is 1. The molecule has 114 valence electrons. The van der Waals surface area contributed by atoms with E-state index < -0.39 is 5.97 Å². The van der Waals surface area contributed by atoms with Crippen LogP contribution in [0, 0.1) is 5.92 Å². The predicted octanol–water partition coefficient (Wildman–Crippen LogP) is 3.29. The van der Waals surface area contributed by atoms with Crippen LogP contribution >= 0.6 is 0 Å². The minimum Gasteiger partial charge on any atom is -0.478 e. The standard InChI is InChI=1S/C17H24N2O2/c1-2-4-12-7-9-19(10-8-12)16-14(17(20)21)11-13-5-3-6-15(13)18-16/h11-12H,2-10H2,1H3,(H,20,21). The van der Waals surface area contributed by atoms with E-state index in [1.54, 1.807) is 0 Å². The van der Waals surface area contributed by atoms with Gasteiger partial charge in [0.15, 0.2) is 0 Å². The van der Waals surface area contributed by atoms with Gasteiger partial charge in [0.05, 0.1) is 0 Å². The number of aromatic nitrogens is 1. The first-order valence-corrected chi connectivity index (χ1v) is 8.20. The highest BCUT2D eigenvalue weighted by molar-refractivity contribution is 5.93. The summed E-state index contributed by atoms with van der Waals surface area (Å²) < 4.78 is 0. The van der Waals surface area contributed by atoms with Crippen LogP contribution in [0.25, 0.3) is 0 Å². The number of piperidine rings is 1. The summed E-state index contributed by atoms with van der Waals surface area (Å²) in [7, 11) is 0. The van der Waals surface area contributed by atoms with Gasteiger partial charge in [0.25, 0.3) is 0 Å². The van der Waals surface area contributed by atoms with Crippen LogP contribution in [0.1, 0.15) is 60.6 Å². The molecule has 0 radical (unpaired) electrons. The molecule has 1 fully saturated rings. The molecule has 21 heavy (non-hydrogen) atoms. The Bertz CT molecular complexity index is 534. The number of carbonyl (C=O) groups is 1. The summed E-state index contributed by atoms with van der Waals surface area (Å²) >= 11 is 0. The maximum Gasteiger partial charge on any atom is 0.339 e. The smallest absolute Gasteiger partial charge is 0.339 e. The zero-order chi connectivity index (χ0) is 14.8. The molecule has 2 aliphatic rings. The van der Waals surface area contributed by atoms with E-state index in [2.05, 4.69) is 11.8 Å². The molecule has 1 saturated heterocycles. The number of hydrogen-bond acceptors (Lipinski definition) is 3. The van der Waals surface area contributed by atoms with Crippen molar-refractivity contribution in [1.29, 1.82) is 0 Å². The number of aryl methyl sites for hydroxylation is 2. The molecule has 0 aromatic carbocycles. The third kappa shape index (κ3) is 2.89. The topological polar surface area (TPSA) is 53.4 Å². The molecule has 0 saturated carbocycles. The average Bonchev–Trinajstić information content (AvgIpc) is 2.94. The minimum atomic E-state index is -0.845. The van der Waals surface area contributed by atoms with Crippen LogP contribution in [0.3, 0.4) is 0 Å². The molecule has 3 rings (SSSR count). The number of hydrogen-bond donors (Lipinski definition) is 1. The highest BCUT2D eigenvalue weighted by Crippen LogP contribution is 2.31. The highest BCUT2D eigenvalue weighted by atomic mass is 16.4. The van der Waals surface area contributed by atoms with Gasteiger partial charge in [-0.3, -0.25) is 0 Å². The van der Waals surface area contributed by atoms with Crippen molar-refractivity contribution in [3.05, 3.63) is 22.9 Å². The highest BCUT2D eigenvalue weighted by Gasteiger charge is 2.26. The van der Waals surface area contributed by atoms with E-state index >= 15 is 0 Å². The normalized spacial score (nSPS) is 18.8. The Kier molecular flexibility index (Phi) is 4.13. The molecule has 1 aromatic rings. The molecule has 1 aromatic heterocycles. The fourth-order valence-corrected chi connectivity index (χ4v) is 3.70. The van der Waals surface area contributed by atoms with Gasteiger partial charge in [0.2, 0.25) is 0 Å². The summed E-state index contributed by atoms with van der Waals surface area (Å²) in [6.07, 6.45) is 7.91. The van der Waals surface area contributed by atoms with Gasteiger partial charge in [-0.1, -0.05) is 19.8 Å². The molecule has 0 unspecified atom stereocenters.